The minimum Gasteiger partial charge on any atom is -0.497 e. The van der Waals surface area contributed by atoms with Crippen LogP contribution in [0.25, 0.3) is 5.82 Å². The number of pyridine rings is 1. The average molecular weight is 350 g/mol. The van der Waals surface area contributed by atoms with Gasteiger partial charge in [-0.25, -0.2) is 4.98 Å². The fourth-order valence-corrected chi connectivity index (χ4v) is 3.45. The third-order valence-corrected chi connectivity index (χ3v) is 4.81. The Morgan fingerprint density at radius 2 is 2.08 bits per heavy atom. The molecule has 6 nitrogen and oxygen atoms in total. The number of benzene rings is 1. The molecule has 0 saturated heterocycles. The summed E-state index contributed by atoms with van der Waals surface area (Å²) in [7, 11) is 1.67. The number of aromatic nitrogens is 3. The Morgan fingerprint density at radius 3 is 2.81 bits per heavy atom. The van der Waals surface area contributed by atoms with Gasteiger partial charge in [0.15, 0.2) is 5.82 Å². The zero-order chi connectivity index (χ0) is 17.9. The second-order valence-electron chi connectivity index (χ2n) is 6.46. The van der Waals surface area contributed by atoms with Crippen molar-refractivity contribution in [2.45, 2.75) is 31.8 Å². The van der Waals surface area contributed by atoms with E-state index in [0.29, 0.717) is 5.82 Å². The van der Waals surface area contributed by atoms with Crippen LogP contribution in [0.15, 0.2) is 48.7 Å². The maximum Gasteiger partial charge on any atom is 0.220 e. The molecule has 0 fully saturated rings. The Balaban J connectivity index is 1.56. The molecular formula is C20H22N4O2. The van der Waals surface area contributed by atoms with Crippen LogP contribution < -0.4 is 10.1 Å². The summed E-state index contributed by atoms with van der Waals surface area (Å²) in [6.07, 6.45) is 4.61. The number of aryl methyl sites for hydroxylation is 1. The second kappa shape index (κ2) is 7.17. The highest BCUT2D eigenvalue weighted by atomic mass is 16.5. The third-order valence-electron chi connectivity index (χ3n) is 4.81. The van der Waals surface area contributed by atoms with Gasteiger partial charge in [-0.05, 0) is 49.1 Å². The number of rotatable bonds is 5. The molecule has 1 aromatic carbocycles. The number of methoxy groups -OCH3 is 1. The van der Waals surface area contributed by atoms with E-state index in [1.807, 2.05) is 42.5 Å². The lowest BCUT2D eigenvalue weighted by atomic mass is 9.92. The van der Waals surface area contributed by atoms with Crippen molar-refractivity contribution in [1.29, 1.82) is 0 Å². The summed E-state index contributed by atoms with van der Waals surface area (Å²) in [5, 5.41) is 18.9. The lowest BCUT2D eigenvalue weighted by Gasteiger charge is -2.23. The number of hydrogen-bond donors (Lipinski definition) is 2. The van der Waals surface area contributed by atoms with Crippen LogP contribution in [0.3, 0.4) is 0 Å². The molecule has 0 spiro atoms. The molecule has 0 saturated carbocycles. The molecule has 2 aromatic heterocycles. The summed E-state index contributed by atoms with van der Waals surface area (Å²) in [4.78, 5) is 4.30. The van der Waals surface area contributed by atoms with Crippen molar-refractivity contribution >= 4 is 0 Å². The number of fused-ring (bicyclic) bond motifs is 1. The molecule has 2 heterocycles. The maximum atomic E-state index is 10.8. The first-order valence-corrected chi connectivity index (χ1v) is 8.84. The molecule has 1 unspecified atom stereocenters. The fraction of sp³-hybridized carbons (Fsp3) is 0.300. The third kappa shape index (κ3) is 3.15. The van der Waals surface area contributed by atoms with Gasteiger partial charge in [0.25, 0.3) is 0 Å². The second-order valence-corrected chi connectivity index (χ2v) is 6.46. The lowest BCUT2D eigenvalue weighted by molar-refractivity contribution is 0.399. The Hall–Kier alpha value is -2.86. The Morgan fingerprint density at radius 1 is 1.23 bits per heavy atom. The highest BCUT2D eigenvalue weighted by Gasteiger charge is 2.29. The van der Waals surface area contributed by atoms with Gasteiger partial charge < -0.3 is 15.2 Å². The number of aromatic hydroxyl groups is 1. The summed E-state index contributed by atoms with van der Waals surface area (Å²) in [5.74, 6) is 1.67. The molecule has 0 radical (unpaired) electrons. The van der Waals surface area contributed by atoms with Gasteiger partial charge in [-0.15, -0.1) is 0 Å². The molecular weight excluding hydrogens is 328 g/mol. The highest BCUT2D eigenvalue weighted by molar-refractivity contribution is 5.41. The van der Waals surface area contributed by atoms with Crippen molar-refractivity contribution in [1.82, 2.24) is 20.1 Å². The number of nitrogens with one attached hydrogen (secondary N) is 1. The van der Waals surface area contributed by atoms with E-state index >= 15 is 0 Å². The van der Waals surface area contributed by atoms with Crippen LogP contribution in [0.4, 0.5) is 0 Å². The zero-order valence-corrected chi connectivity index (χ0v) is 14.7. The quantitative estimate of drug-likeness (QED) is 0.740. The minimum atomic E-state index is 0.0818. The van der Waals surface area contributed by atoms with E-state index < -0.39 is 0 Å². The lowest BCUT2D eigenvalue weighted by Crippen LogP contribution is -2.24. The predicted octanol–water partition coefficient (Wildman–Crippen LogP) is 3.15. The smallest absolute Gasteiger partial charge is 0.220 e. The Bertz CT molecular complexity index is 875. The van der Waals surface area contributed by atoms with E-state index in [9.17, 15) is 5.11 Å². The number of ether oxygens (including phenoxy) is 1. The average Bonchev–Trinajstić information content (AvgIpc) is 3.05. The predicted molar refractivity (Wildman–Crippen MR) is 98.5 cm³/mol. The van der Waals surface area contributed by atoms with Crippen LogP contribution in [0.2, 0.25) is 0 Å². The molecule has 0 bridgehead atoms. The molecule has 26 heavy (non-hydrogen) atoms. The van der Waals surface area contributed by atoms with Crippen LogP contribution in [0, 0.1) is 0 Å². The normalized spacial score (nSPS) is 16.3. The molecule has 1 atom stereocenters. The molecule has 6 heteroatoms. The minimum absolute atomic E-state index is 0.0818. The van der Waals surface area contributed by atoms with E-state index in [2.05, 4.69) is 15.4 Å². The van der Waals surface area contributed by atoms with Gasteiger partial charge in [0.2, 0.25) is 5.88 Å². The first-order chi connectivity index (χ1) is 12.8. The highest BCUT2D eigenvalue weighted by Crippen LogP contribution is 2.37. The Kier molecular flexibility index (Phi) is 4.58. The monoisotopic (exact) mass is 350 g/mol. The summed E-state index contributed by atoms with van der Waals surface area (Å²) >= 11 is 0. The Labute approximate surface area is 152 Å². The zero-order valence-electron chi connectivity index (χ0n) is 14.7. The van der Waals surface area contributed by atoms with Gasteiger partial charge >= 0.3 is 0 Å². The molecule has 1 aliphatic carbocycles. The molecule has 2 N–H and O–H groups in total. The first-order valence-electron chi connectivity index (χ1n) is 8.84. The van der Waals surface area contributed by atoms with Gasteiger partial charge in [-0.2, -0.15) is 9.78 Å². The van der Waals surface area contributed by atoms with Gasteiger partial charge in [0.05, 0.1) is 18.4 Å². The first kappa shape index (κ1) is 16.6. The van der Waals surface area contributed by atoms with E-state index in [-0.39, 0.29) is 11.9 Å². The standard InChI is InChI=1S/C20H22N4O2/c1-26-15-10-8-14(9-11-15)13-22-16-5-4-6-17-19(16)20(25)24(23-17)18-7-2-3-12-21-18/h2-3,7-12,16,22,25H,4-6,13H2,1H3. The van der Waals surface area contributed by atoms with Crippen molar-refractivity contribution < 1.29 is 9.84 Å². The summed E-state index contributed by atoms with van der Waals surface area (Å²) < 4.78 is 6.74. The van der Waals surface area contributed by atoms with Crippen molar-refractivity contribution in [2.24, 2.45) is 0 Å². The number of nitrogens with zero attached hydrogens (tertiary/aromatic N) is 3. The van der Waals surface area contributed by atoms with E-state index in [4.69, 9.17) is 4.74 Å². The number of hydrogen-bond acceptors (Lipinski definition) is 5. The van der Waals surface area contributed by atoms with E-state index in [1.165, 1.54) is 10.2 Å². The largest absolute Gasteiger partial charge is 0.497 e. The van der Waals surface area contributed by atoms with Crippen LogP contribution >= 0.6 is 0 Å². The molecule has 0 amide bonds. The summed E-state index contributed by atoms with van der Waals surface area (Å²) in [5.41, 5.74) is 3.02. The molecule has 4 rings (SSSR count). The molecule has 134 valence electrons. The van der Waals surface area contributed by atoms with Gasteiger partial charge in [-0.1, -0.05) is 18.2 Å². The van der Waals surface area contributed by atoms with Crippen molar-refractivity contribution in [2.75, 3.05) is 7.11 Å². The maximum absolute atomic E-state index is 10.8. The van der Waals surface area contributed by atoms with Crippen LogP contribution in [0.5, 0.6) is 11.6 Å². The molecule has 3 aromatic rings. The van der Waals surface area contributed by atoms with Crippen LogP contribution in [0.1, 0.15) is 35.7 Å². The molecule has 1 aliphatic rings. The van der Waals surface area contributed by atoms with E-state index in [0.717, 1.165) is 42.8 Å². The van der Waals surface area contributed by atoms with Gasteiger partial charge in [-0.3, -0.25) is 0 Å². The fourth-order valence-electron chi connectivity index (χ4n) is 3.45. The van der Waals surface area contributed by atoms with E-state index in [1.54, 1.807) is 13.3 Å². The SMILES string of the molecule is COc1ccc(CNC2CCCc3nn(-c4ccccn4)c(O)c32)cc1. The summed E-state index contributed by atoms with van der Waals surface area (Å²) in [6.45, 7) is 0.725. The van der Waals surface area contributed by atoms with Crippen LogP contribution in [-0.4, -0.2) is 27.0 Å². The van der Waals surface area contributed by atoms with Gasteiger partial charge in [0.1, 0.15) is 5.75 Å². The van der Waals surface area contributed by atoms with Crippen molar-refractivity contribution in [3.05, 3.63) is 65.5 Å². The van der Waals surface area contributed by atoms with Crippen LogP contribution in [-0.2, 0) is 13.0 Å². The van der Waals surface area contributed by atoms with Crippen molar-refractivity contribution in [3.63, 3.8) is 0 Å². The molecule has 0 aliphatic heterocycles. The van der Waals surface area contributed by atoms with Gasteiger partial charge in [0, 0.05) is 18.8 Å². The van der Waals surface area contributed by atoms with Crippen molar-refractivity contribution in [3.8, 4) is 17.4 Å². The summed E-state index contributed by atoms with van der Waals surface area (Å²) in [6, 6.07) is 13.7. The topological polar surface area (TPSA) is 72.2 Å².